The van der Waals surface area contributed by atoms with Crippen LogP contribution < -0.4 is 11.3 Å². The van der Waals surface area contributed by atoms with Crippen molar-refractivity contribution >= 4 is 25.4 Å². The molecule has 0 fully saturated rings. The number of rotatable bonds is 5. The van der Waals surface area contributed by atoms with Gasteiger partial charge in [0, 0.05) is 4.57 Å². The van der Waals surface area contributed by atoms with Crippen molar-refractivity contribution in [3.05, 3.63) is 16.7 Å². The minimum atomic E-state index is -2.87. The van der Waals surface area contributed by atoms with E-state index < -0.39 is 19.9 Å². The van der Waals surface area contributed by atoms with Crippen LogP contribution in [0.15, 0.2) is 11.1 Å². The number of nitrogens with one attached hydrogen (secondary N) is 1. The van der Waals surface area contributed by atoms with E-state index in [0.29, 0.717) is 0 Å². The molecular weight excluding hydrogens is 321 g/mol. The van der Waals surface area contributed by atoms with Crippen LogP contribution in [0.2, 0.25) is 0 Å². The Morgan fingerprint density at radius 2 is 2.00 bits per heavy atom. The van der Waals surface area contributed by atoms with Gasteiger partial charge in [0.1, 0.15) is 12.8 Å². The summed E-state index contributed by atoms with van der Waals surface area (Å²) < 4.78 is 15.4. The summed E-state index contributed by atoms with van der Waals surface area (Å²) in [6, 6.07) is 0. The van der Waals surface area contributed by atoms with E-state index in [-0.39, 0.29) is 37.1 Å². The lowest BCUT2D eigenvalue weighted by atomic mass is 10.4. The smallest absolute Gasteiger partial charge is 0.394 e. The summed E-state index contributed by atoms with van der Waals surface area (Å²) in [6.45, 7) is -0.614. The summed E-state index contributed by atoms with van der Waals surface area (Å²) in [5, 5.41) is 17.7. The molecule has 2 aromatic rings. The van der Waals surface area contributed by atoms with Gasteiger partial charge in [-0.15, -0.1) is 9.79 Å². The Kier molecular flexibility index (Phi) is 6.98. The van der Waals surface area contributed by atoms with Crippen LogP contribution in [0.5, 0.6) is 0 Å². The molecule has 0 amide bonds. The first kappa shape index (κ1) is 18.1. The molecule has 0 aliphatic carbocycles. The number of aliphatic hydroxyl groups is 2. The van der Waals surface area contributed by atoms with Crippen molar-refractivity contribution in [1.29, 1.82) is 0 Å². The highest BCUT2D eigenvalue weighted by Crippen LogP contribution is 2.07. The van der Waals surface area contributed by atoms with Gasteiger partial charge in [0.15, 0.2) is 11.2 Å². The number of hydrogen-bond acceptors (Lipinski definition) is 8. The molecule has 0 aliphatic heterocycles. The fourth-order valence-corrected chi connectivity index (χ4v) is 1.41. The van der Waals surface area contributed by atoms with Crippen LogP contribution in [0.3, 0.4) is 0 Å². The van der Waals surface area contributed by atoms with Crippen LogP contribution >= 0.6 is 8.25 Å². The van der Waals surface area contributed by atoms with E-state index in [1.165, 1.54) is 10.9 Å². The predicted octanol–water partition coefficient (Wildman–Crippen LogP) is -2.34. The lowest BCUT2D eigenvalue weighted by Gasteiger charge is -2.12. The zero-order chi connectivity index (χ0) is 16.7. The molecule has 2 heterocycles. The molecule has 0 aliphatic rings. The highest BCUT2D eigenvalue weighted by atomic mass is 31.1. The van der Waals surface area contributed by atoms with Gasteiger partial charge in [-0.1, -0.05) is 0 Å². The first-order valence-corrected chi connectivity index (χ1v) is 6.94. The van der Waals surface area contributed by atoms with E-state index in [2.05, 4.69) is 15.0 Å². The monoisotopic (exact) mass is 336 g/mol. The normalized spacial score (nSPS) is 10.6. The highest BCUT2D eigenvalue weighted by molar-refractivity contribution is 7.30. The Hall–Kier alpha value is -1.95. The molecular formula is C9H15N5O7P+. The van der Waals surface area contributed by atoms with Crippen molar-refractivity contribution in [2.24, 2.45) is 0 Å². The van der Waals surface area contributed by atoms with Crippen LogP contribution in [0, 0.1) is 0 Å². The first-order valence-electron chi connectivity index (χ1n) is 5.78. The predicted molar refractivity (Wildman–Crippen MR) is 73.6 cm³/mol. The standard InChI is InChI=1S/C9H13N5O4.HO3P/c10-9-12-7-6(8(17)13-9)11-3-14(7)4-18-5(1-15)2-16;1-4(2)3/h3,5,15-16H,1-2,4H2,(H3,10,12,13,17);(H-,1,2,3)/p+1. The minimum absolute atomic E-state index is 0.00181. The fraction of sp³-hybridized carbons (Fsp3) is 0.444. The molecule has 122 valence electrons. The van der Waals surface area contributed by atoms with Crippen LogP contribution in [0.25, 0.3) is 11.2 Å². The van der Waals surface area contributed by atoms with Crippen molar-refractivity contribution in [1.82, 2.24) is 19.5 Å². The average Bonchev–Trinajstić information content (AvgIpc) is 2.83. The Balaban J connectivity index is 0.000000541. The van der Waals surface area contributed by atoms with E-state index in [0.717, 1.165) is 0 Å². The SMILES string of the molecule is Nc1nc2c(ncn2COC(CO)CO)c(=O)[nH]1.O=[P+](O)O. The molecule has 0 atom stereocenters. The van der Waals surface area contributed by atoms with Crippen molar-refractivity contribution in [3.63, 3.8) is 0 Å². The quantitative estimate of drug-likeness (QED) is 0.322. The van der Waals surface area contributed by atoms with E-state index in [1.54, 1.807) is 0 Å². The second-order valence-electron chi connectivity index (χ2n) is 3.87. The van der Waals surface area contributed by atoms with E-state index in [4.69, 9.17) is 35.0 Å². The summed E-state index contributed by atoms with van der Waals surface area (Å²) in [5.41, 5.74) is 5.43. The lowest BCUT2D eigenvalue weighted by molar-refractivity contribution is -0.0488. The number of nitrogens with two attached hydrogens (primary N) is 1. The third-order valence-electron chi connectivity index (χ3n) is 2.35. The Labute approximate surface area is 123 Å². The maximum Gasteiger partial charge on any atom is 0.692 e. The number of nitrogens with zero attached hydrogens (tertiary/aromatic N) is 3. The van der Waals surface area contributed by atoms with Crippen molar-refractivity contribution in [2.45, 2.75) is 12.8 Å². The van der Waals surface area contributed by atoms with Crippen LogP contribution in [-0.4, -0.2) is 58.8 Å². The number of fused-ring (bicyclic) bond motifs is 1. The van der Waals surface area contributed by atoms with E-state index >= 15 is 0 Å². The van der Waals surface area contributed by atoms with Crippen LogP contribution in [0.4, 0.5) is 5.95 Å². The van der Waals surface area contributed by atoms with Gasteiger partial charge < -0.3 is 20.7 Å². The number of aliphatic hydroxyl groups excluding tert-OH is 2. The second kappa shape index (κ2) is 8.48. The number of ether oxygens (including phenoxy) is 1. The van der Waals surface area contributed by atoms with Crippen molar-refractivity contribution < 1.29 is 29.3 Å². The maximum atomic E-state index is 11.5. The molecule has 12 nitrogen and oxygen atoms in total. The van der Waals surface area contributed by atoms with Gasteiger partial charge in [-0.05, 0) is 0 Å². The van der Waals surface area contributed by atoms with Crippen molar-refractivity contribution in [3.8, 4) is 0 Å². The number of H-pyrrole nitrogens is 1. The van der Waals surface area contributed by atoms with Gasteiger partial charge >= 0.3 is 8.25 Å². The largest absolute Gasteiger partial charge is 0.692 e. The molecule has 2 rings (SSSR count). The number of hydrogen-bond donors (Lipinski definition) is 6. The summed E-state index contributed by atoms with van der Waals surface area (Å²) >= 11 is 0. The molecule has 2 aromatic heterocycles. The Morgan fingerprint density at radius 1 is 1.41 bits per heavy atom. The highest BCUT2D eigenvalue weighted by Gasteiger charge is 2.11. The maximum absolute atomic E-state index is 11.5. The average molecular weight is 336 g/mol. The van der Waals surface area contributed by atoms with Gasteiger partial charge in [0.05, 0.1) is 19.5 Å². The summed E-state index contributed by atoms with van der Waals surface area (Å²) in [5.74, 6) is -0.0184. The molecule has 0 radical (unpaired) electrons. The Bertz CT molecular complexity index is 679. The van der Waals surface area contributed by atoms with Gasteiger partial charge in [-0.25, -0.2) is 4.98 Å². The topological polar surface area (TPSA) is 197 Å². The van der Waals surface area contributed by atoms with Gasteiger partial charge in [-0.2, -0.15) is 4.98 Å². The third kappa shape index (κ3) is 5.11. The lowest BCUT2D eigenvalue weighted by Crippen LogP contribution is -2.23. The van der Waals surface area contributed by atoms with E-state index in [9.17, 15) is 4.79 Å². The van der Waals surface area contributed by atoms with Gasteiger partial charge in [-0.3, -0.25) is 14.3 Å². The van der Waals surface area contributed by atoms with Crippen LogP contribution in [-0.2, 0) is 16.0 Å². The number of anilines is 1. The Morgan fingerprint density at radius 3 is 2.55 bits per heavy atom. The third-order valence-corrected chi connectivity index (χ3v) is 2.35. The summed E-state index contributed by atoms with van der Waals surface area (Å²) in [7, 11) is -2.87. The molecule has 0 bridgehead atoms. The molecule has 7 N–H and O–H groups in total. The number of imidazole rings is 1. The number of nitrogen functional groups attached to an aromatic ring is 1. The zero-order valence-electron chi connectivity index (χ0n) is 11.2. The van der Waals surface area contributed by atoms with Crippen molar-refractivity contribution in [2.75, 3.05) is 18.9 Å². The molecule has 13 heteroatoms. The number of aromatic amines is 1. The second-order valence-corrected chi connectivity index (χ2v) is 4.38. The molecule has 0 saturated heterocycles. The van der Waals surface area contributed by atoms with Crippen LogP contribution in [0.1, 0.15) is 0 Å². The van der Waals surface area contributed by atoms with E-state index in [1.807, 2.05) is 0 Å². The molecule has 0 saturated carbocycles. The minimum Gasteiger partial charge on any atom is -0.394 e. The molecule has 0 spiro atoms. The molecule has 22 heavy (non-hydrogen) atoms. The molecule has 0 aromatic carbocycles. The molecule has 0 unspecified atom stereocenters. The fourth-order valence-electron chi connectivity index (χ4n) is 1.41. The number of aromatic nitrogens is 4. The first-order chi connectivity index (χ1) is 10.4. The summed E-state index contributed by atoms with van der Waals surface area (Å²) in [4.78, 5) is 35.9. The van der Waals surface area contributed by atoms with Gasteiger partial charge in [0.2, 0.25) is 5.95 Å². The zero-order valence-corrected chi connectivity index (χ0v) is 12.1. The van der Waals surface area contributed by atoms with Gasteiger partial charge in [0.25, 0.3) is 5.56 Å². The summed E-state index contributed by atoms with van der Waals surface area (Å²) in [6.07, 6.45) is 0.680.